The number of rotatable bonds is 0. The molecule has 0 unspecified atom stereocenters. The summed E-state index contributed by atoms with van der Waals surface area (Å²) >= 11 is 0. The van der Waals surface area contributed by atoms with Gasteiger partial charge in [-0.15, -0.1) is 39.2 Å². The molecule has 3 aromatic rings. The van der Waals surface area contributed by atoms with E-state index in [0.717, 1.165) is 0 Å². The predicted octanol–water partition coefficient (Wildman–Crippen LogP) is 4.64. The first kappa shape index (κ1) is 36.7. The van der Waals surface area contributed by atoms with Crippen LogP contribution in [-0.4, -0.2) is 0 Å². The van der Waals surface area contributed by atoms with Crippen LogP contribution in [0, 0.1) is 20.8 Å². The SMILES string of the molecule is Cc1ccc2c3ccc(C)cc3[c-](C)c2c1.[Rf].[Rf].[Rf].[Rf].[Rf].[Rf].[Rf].[Rf]. The van der Waals surface area contributed by atoms with E-state index >= 15 is 0 Å². The molecular formula is C16H15Rf8-. The molecule has 0 aromatic heterocycles. The standard InChI is InChI=1S/C16H15.8Rf/c1-10-4-6-13-14-7-5-11(2)9-16(14)12(3)15(13)8-10;;;;;;;;/h4-9H,1-3H3;;;;;;;;/q-1;;;;;;;;. The number of fused-ring (bicyclic) bond motifs is 3. The second kappa shape index (κ2) is 6.73. The van der Waals surface area contributed by atoms with Crippen LogP contribution in [-0.2, 0) is 0 Å². The van der Waals surface area contributed by atoms with Crippen LogP contribution in [0.3, 0.4) is 0 Å². The Morgan fingerprint density at radius 1 is 0.542 bits per heavy atom. The second-order valence-electron chi connectivity index (χ2n) is 4.72. The third-order valence-corrected chi connectivity index (χ3v) is 3.45. The number of hydrogen-bond acceptors (Lipinski definition) is 0. The monoisotopic (exact) mass is 2340 g/mol. The number of aryl methyl sites for hydroxylation is 3. The summed E-state index contributed by atoms with van der Waals surface area (Å²) in [6, 6.07) is 13.5. The topological polar surface area (TPSA) is 0 Å². The van der Waals surface area contributed by atoms with E-state index < -0.39 is 0 Å². The smallest absolute Gasteiger partial charge is 0 e. The van der Waals surface area contributed by atoms with E-state index in [9.17, 15) is 0 Å². The quantitative estimate of drug-likeness (QED) is 0.289. The van der Waals surface area contributed by atoms with Crippen molar-refractivity contribution in [3.05, 3.63) is 53.1 Å². The average molecular weight is 2340 g/mol. The van der Waals surface area contributed by atoms with Crippen molar-refractivity contribution in [1.82, 2.24) is 0 Å². The van der Waals surface area contributed by atoms with Crippen molar-refractivity contribution < 1.29 is 0 Å². The largest absolute Gasteiger partial charge is 0.120 e. The van der Waals surface area contributed by atoms with Crippen LogP contribution in [0.25, 0.3) is 21.5 Å². The minimum Gasteiger partial charge on any atom is -0.120 e. The minimum absolute atomic E-state index is 0. The van der Waals surface area contributed by atoms with Crippen molar-refractivity contribution in [2.75, 3.05) is 0 Å². The van der Waals surface area contributed by atoms with E-state index in [0.29, 0.717) is 0 Å². The Kier molecular flexibility index (Phi) is 10.3. The van der Waals surface area contributed by atoms with E-state index in [1.165, 1.54) is 38.2 Å². The van der Waals surface area contributed by atoms with Crippen LogP contribution in [0.2, 0.25) is 0 Å². The van der Waals surface area contributed by atoms with Crippen LogP contribution in [0.1, 0.15) is 16.7 Å². The van der Waals surface area contributed by atoms with Gasteiger partial charge in [0.25, 0.3) is 0 Å². The maximum absolute atomic E-state index is 2.29. The summed E-state index contributed by atoms with van der Waals surface area (Å²) in [6.45, 7) is 6.53. The molecule has 0 radical (unpaired) electrons. The molecule has 0 nitrogen and oxygen atoms in total. The molecule has 3 rings (SSSR count). The average Bonchev–Trinajstić information content (AvgIpc) is 2.53. The van der Waals surface area contributed by atoms with Crippen molar-refractivity contribution in [1.29, 1.82) is 0 Å². The molecule has 8 heteroatoms. The third kappa shape index (κ3) is 1.96. The van der Waals surface area contributed by atoms with Crippen LogP contribution >= 0.6 is 0 Å². The normalized spacial score (nSPS) is 7.62. The van der Waals surface area contributed by atoms with Crippen molar-refractivity contribution in [3.8, 4) is 0 Å². The Morgan fingerprint density at radius 3 is 1.12 bits per heavy atom. The van der Waals surface area contributed by atoms with Crippen molar-refractivity contribution in [2.24, 2.45) is 0 Å². The van der Waals surface area contributed by atoms with Crippen LogP contribution in [0.4, 0.5) is 0 Å². The fourth-order valence-electron chi connectivity index (χ4n) is 2.55. The van der Waals surface area contributed by atoms with Crippen LogP contribution in [0.15, 0.2) is 36.4 Å². The molecule has 0 aliphatic heterocycles. The van der Waals surface area contributed by atoms with Gasteiger partial charge in [0.2, 0.25) is 0 Å². The molecule has 3 aromatic carbocycles. The maximum Gasteiger partial charge on any atom is 0 e. The summed E-state index contributed by atoms with van der Waals surface area (Å²) in [5, 5.41) is 5.58. The molecule has 0 atom stereocenters. The summed E-state index contributed by atoms with van der Waals surface area (Å²) in [5.74, 6) is 0. The van der Waals surface area contributed by atoms with E-state index in [-0.39, 0.29) is 0 Å². The molecule has 0 aliphatic carbocycles. The first-order valence-corrected chi connectivity index (χ1v) is 5.73. The van der Waals surface area contributed by atoms with Gasteiger partial charge in [-0.05, 0) is 13.8 Å². The predicted molar refractivity (Wildman–Crippen MR) is 71.3 cm³/mol. The van der Waals surface area contributed by atoms with Crippen LogP contribution in [0.5, 0.6) is 0 Å². The molecule has 0 spiro atoms. The van der Waals surface area contributed by atoms with Gasteiger partial charge in [0.1, 0.15) is 0 Å². The first-order valence-electron chi connectivity index (χ1n) is 5.73. The van der Waals surface area contributed by atoms with Gasteiger partial charge in [0, 0.05) is 0 Å². The van der Waals surface area contributed by atoms with Gasteiger partial charge >= 0.3 is 0 Å². The van der Waals surface area contributed by atoms with Crippen molar-refractivity contribution in [2.45, 2.75) is 20.8 Å². The maximum atomic E-state index is 2.29. The summed E-state index contributed by atoms with van der Waals surface area (Å²) < 4.78 is 0. The fraction of sp³-hybridized carbons (Fsp3) is 0.188. The van der Waals surface area contributed by atoms with E-state index in [4.69, 9.17) is 0 Å². The Balaban J connectivity index is -0.000000101. The van der Waals surface area contributed by atoms with E-state index in [2.05, 4.69) is 57.2 Å². The Bertz CT molecular complexity index is 647. The van der Waals surface area contributed by atoms with Crippen LogP contribution < -0.4 is 0 Å². The Labute approximate surface area is 95.9 Å². The van der Waals surface area contributed by atoms with Crippen molar-refractivity contribution in [3.63, 3.8) is 0 Å². The number of benzene rings is 2. The molecule has 24 heavy (non-hydrogen) atoms. The fourth-order valence-corrected chi connectivity index (χ4v) is 2.55. The second-order valence-corrected chi connectivity index (χ2v) is 4.72. The molecule has 0 saturated carbocycles. The minimum atomic E-state index is 0. The molecule has 0 N–H and O–H groups in total. The van der Waals surface area contributed by atoms with Gasteiger partial charge in [-0.2, -0.15) is 0 Å². The molecule has 0 heterocycles. The summed E-state index contributed by atoms with van der Waals surface area (Å²) in [7, 11) is 0. The Morgan fingerprint density at radius 2 is 0.833 bits per heavy atom. The third-order valence-electron chi connectivity index (χ3n) is 3.45. The van der Waals surface area contributed by atoms with Gasteiger partial charge in [0.05, 0.1) is 0 Å². The van der Waals surface area contributed by atoms with Gasteiger partial charge in [0.15, 0.2) is 0 Å². The molecule has 0 aliphatic rings. The summed E-state index contributed by atoms with van der Waals surface area (Å²) in [5.41, 5.74) is 4.09. The summed E-state index contributed by atoms with van der Waals surface area (Å²) in [6.07, 6.45) is 0. The zero-order valence-electron chi connectivity index (χ0n) is 15.6. The first-order chi connectivity index (χ1) is 7.66. The molecular weight excluding hydrogens is 2330 g/mol. The van der Waals surface area contributed by atoms with Crippen molar-refractivity contribution >= 4 is 21.5 Å². The van der Waals surface area contributed by atoms with Gasteiger partial charge < -0.3 is 0 Å². The zero-order valence-corrected chi connectivity index (χ0v) is 66.8. The molecule has 0 bridgehead atoms. The zero-order chi connectivity index (χ0) is 11.3. The van der Waals surface area contributed by atoms with Gasteiger partial charge in [-0.25, -0.2) is 0 Å². The van der Waals surface area contributed by atoms with E-state index in [1.807, 2.05) is 0 Å². The van der Waals surface area contributed by atoms with Gasteiger partial charge in [-0.1, -0.05) is 42.3 Å². The molecule has 96 valence electrons. The Hall–Kier alpha value is -9.69. The molecule has 0 amide bonds. The van der Waals surface area contributed by atoms with E-state index in [1.54, 1.807) is 0 Å². The molecule has 0 saturated heterocycles. The molecule has 0 fully saturated rings. The van der Waals surface area contributed by atoms with Gasteiger partial charge in [-0.3, -0.25) is 0 Å². The summed E-state index contributed by atoms with van der Waals surface area (Å²) in [4.78, 5) is 0. The number of hydrogen-bond donors (Lipinski definition) is 0.